The van der Waals surface area contributed by atoms with Gasteiger partial charge in [0, 0.05) is 24.9 Å². The van der Waals surface area contributed by atoms with Crippen molar-refractivity contribution in [3.63, 3.8) is 0 Å². The van der Waals surface area contributed by atoms with Gasteiger partial charge in [-0.3, -0.25) is 4.79 Å². The van der Waals surface area contributed by atoms with Crippen LogP contribution in [0, 0.1) is 5.92 Å². The Kier molecular flexibility index (Phi) is 3.46. The summed E-state index contributed by atoms with van der Waals surface area (Å²) in [6.07, 6.45) is 5.42. The molecule has 1 amide bonds. The van der Waals surface area contributed by atoms with Crippen LogP contribution in [0.1, 0.15) is 38.5 Å². The molecule has 4 nitrogen and oxygen atoms in total. The van der Waals surface area contributed by atoms with Crippen molar-refractivity contribution in [3.8, 4) is 0 Å². The number of methoxy groups -OCH3 is 1. The Labute approximate surface area is 95.9 Å². The van der Waals surface area contributed by atoms with Crippen LogP contribution in [-0.2, 0) is 9.53 Å². The molecule has 1 saturated heterocycles. The monoisotopic (exact) mass is 225 g/mol. The van der Waals surface area contributed by atoms with Crippen molar-refractivity contribution in [2.75, 3.05) is 13.7 Å². The number of hydrogen-bond acceptors (Lipinski definition) is 3. The summed E-state index contributed by atoms with van der Waals surface area (Å²) < 4.78 is 4.79. The van der Waals surface area contributed by atoms with Crippen molar-refractivity contribution in [2.45, 2.75) is 44.6 Å². The van der Waals surface area contributed by atoms with Crippen molar-refractivity contribution in [1.29, 1.82) is 0 Å². The Morgan fingerprint density at radius 3 is 2.75 bits per heavy atom. The van der Waals surface area contributed by atoms with Crippen LogP contribution in [0.2, 0.25) is 0 Å². The number of ketones is 1. The summed E-state index contributed by atoms with van der Waals surface area (Å²) in [4.78, 5) is 25.1. The largest absolute Gasteiger partial charge is 0.453 e. The molecule has 2 fully saturated rings. The first-order valence-electron chi connectivity index (χ1n) is 6.11. The zero-order valence-electron chi connectivity index (χ0n) is 9.78. The first-order valence-corrected chi connectivity index (χ1v) is 6.11. The van der Waals surface area contributed by atoms with Crippen molar-refractivity contribution < 1.29 is 14.3 Å². The topological polar surface area (TPSA) is 46.6 Å². The van der Waals surface area contributed by atoms with E-state index < -0.39 is 0 Å². The van der Waals surface area contributed by atoms with E-state index in [1.165, 1.54) is 7.11 Å². The third-order valence-electron chi connectivity index (χ3n) is 3.77. The molecule has 0 radical (unpaired) electrons. The predicted octanol–water partition coefficient (Wildman–Crippen LogP) is 1.98. The number of hydrogen-bond donors (Lipinski definition) is 0. The number of carbonyl (C=O) groups excluding carboxylic acids is 2. The van der Waals surface area contributed by atoms with E-state index in [1.54, 1.807) is 4.90 Å². The Bertz CT molecular complexity index is 290. The van der Waals surface area contributed by atoms with Gasteiger partial charge in [-0.15, -0.1) is 0 Å². The molecule has 0 bridgehead atoms. The normalized spacial score (nSPS) is 30.6. The molecule has 1 aliphatic heterocycles. The van der Waals surface area contributed by atoms with Crippen molar-refractivity contribution in [2.24, 2.45) is 5.92 Å². The van der Waals surface area contributed by atoms with Gasteiger partial charge in [0.05, 0.1) is 7.11 Å². The van der Waals surface area contributed by atoms with E-state index in [9.17, 15) is 9.59 Å². The van der Waals surface area contributed by atoms with Crippen LogP contribution in [0.5, 0.6) is 0 Å². The van der Waals surface area contributed by atoms with Crippen LogP contribution in [-0.4, -0.2) is 36.5 Å². The molecular weight excluding hydrogens is 206 g/mol. The lowest BCUT2D eigenvalue weighted by atomic mass is 9.89. The summed E-state index contributed by atoms with van der Waals surface area (Å²) in [6.45, 7) is 0.737. The number of likely N-dealkylation sites (tertiary alicyclic amines) is 1. The summed E-state index contributed by atoms with van der Waals surface area (Å²) in [5.41, 5.74) is 0. The van der Waals surface area contributed by atoms with Crippen molar-refractivity contribution >= 4 is 11.9 Å². The number of ether oxygens (including phenoxy) is 1. The van der Waals surface area contributed by atoms with Crippen molar-refractivity contribution in [1.82, 2.24) is 4.90 Å². The first-order chi connectivity index (χ1) is 7.74. The molecule has 4 heteroatoms. The molecule has 0 N–H and O–H groups in total. The Morgan fingerprint density at radius 2 is 2.12 bits per heavy atom. The molecule has 1 saturated carbocycles. The van der Waals surface area contributed by atoms with Gasteiger partial charge >= 0.3 is 6.09 Å². The maximum atomic E-state index is 11.8. The van der Waals surface area contributed by atoms with E-state index in [0.717, 1.165) is 38.6 Å². The second kappa shape index (κ2) is 4.85. The van der Waals surface area contributed by atoms with Crippen LogP contribution in [0.4, 0.5) is 4.79 Å². The van der Waals surface area contributed by atoms with Crippen LogP contribution >= 0.6 is 0 Å². The average molecular weight is 225 g/mol. The molecule has 2 aliphatic rings. The highest BCUT2D eigenvalue weighted by Crippen LogP contribution is 2.32. The highest BCUT2D eigenvalue weighted by Gasteiger charge is 2.38. The van der Waals surface area contributed by atoms with Gasteiger partial charge in [0.2, 0.25) is 0 Å². The fourth-order valence-electron chi connectivity index (χ4n) is 2.97. The number of nitrogens with zero attached hydrogens (tertiary/aromatic N) is 1. The number of piperidine rings is 1. The van der Waals surface area contributed by atoms with E-state index in [0.29, 0.717) is 12.2 Å². The number of carbonyl (C=O) groups is 2. The molecule has 16 heavy (non-hydrogen) atoms. The SMILES string of the molecule is COC(=O)N1CCCCC1C1CCCC1=O. The predicted molar refractivity (Wildman–Crippen MR) is 59.1 cm³/mol. The minimum absolute atomic E-state index is 0.0689. The zero-order valence-corrected chi connectivity index (χ0v) is 9.78. The molecule has 90 valence electrons. The van der Waals surface area contributed by atoms with Gasteiger partial charge in [0.15, 0.2) is 0 Å². The Hall–Kier alpha value is -1.06. The summed E-state index contributed by atoms with van der Waals surface area (Å²) in [6, 6.07) is 0.0937. The molecule has 1 aliphatic carbocycles. The van der Waals surface area contributed by atoms with Gasteiger partial charge in [-0.1, -0.05) is 0 Å². The third kappa shape index (κ3) is 2.06. The van der Waals surface area contributed by atoms with E-state index in [4.69, 9.17) is 4.74 Å². The molecule has 2 unspecified atom stereocenters. The summed E-state index contributed by atoms with van der Waals surface area (Å²) >= 11 is 0. The second-order valence-corrected chi connectivity index (χ2v) is 4.69. The van der Waals surface area contributed by atoms with Crippen LogP contribution in [0.25, 0.3) is 0 Å². The van der Waals surface area contributed by atoms with Gasteiger partial charge in [-0.2, -0.15) is 0 Å². The molecule has 1 heterocycles. The van der Waals surface area contributed by atoms with Crippen LogP contribution in [0.3, 0.4) is 0 Å². The summed E-state index contributed by atoms with van der Waals surface area (Å²) in [5.74, 6) is 0.403. The third-order valence-corrected chi connectivity index (χ3v) is 3.77. The number of rotatable bonds is 1. The van der Waals surface area contributed by atoms with E-state index in [2.05, 4.69) is 0 Å². The molecular formula is C12H19NO3. The average Bonchev–Trinajstić information content (AvgIpc) is 2.74. The van der Waals surface area contributed by atoms with Gasteiger partial charge in [-0.05, 0) is 32.1 Å². The second-order valence-electron chi connectivity index (χ2n) is 4.69. The minimum atomic E-state index is -0.274. The van der Waals surface area contributed by atoms with Gasteiger partial charge < -0.3 is 9.64 Å². The van der Waals surface area contributed by atoms with Gasteiger partial charge in [0.1, 0.15) is 5.78 Å². The molecule has 0 aromatic carbocycles. The maximum absolute atomic E-state index is 11.8. The van der Waals surface area contributed by atoms with Gasteiger partial charge in [0.25, 0.3) is 0 Å². The Morgan fingerprint density at radius 1 is 1.31 bits per heavy atom. The molecule has 2 rings (SSSR count). The van der Waals surface area contributed by atoms with Crippen molar-refractivity contribution in [3.05, 3.63) is 0 Å². The van der Waals surface area contributed by atoms with E-state index in [-0.39, 0.29) is 18.1 Å². The number of Topliss-reactive ketones (excluding diaryl/α,β-unsaturated/α-hetero) is 1. The molecule has 0 aromatic rings. The fourth-order valence-corrected chi connectivity index (χ4v) is 2.97. The zero-order chi connectivity index (χ0) is 11.5. The molecule has 2 atom stereocenters. The fraction of sp³-hybridized carbons (Fsp3) is 0.833. The highest BCUT2D eigenvalue weighted by atomic mass is 16.5. The lowest BCUT2D eigenvalue weighted by molar-refractivity contribution is -0.122. The molecule has 0 aromatic heterocycles. The minimum Gasteiger partial charge on any atom is -0.453 e. The van der Waals surface area contributed by atoms with E-state index in [1.807, 2.05) is 0 Å². The quantitative estimate of drug-likeness (QED) is 0.685. The first kappa shape index (κ1) is 11.4. The lowest BCUT2D eigenvalue weighted by Gasteiger charge is -2.37. The van der Waals surface area contributed by atoms with Gasteiger partial charge in [-0.25, -0.2) is 4.79 Å². The summed E-state index contributed by atoms with van der Waals surface area (Å²) in [5, 5.41) is 0. The summed E-state index contributed by atoms with van der Waals surface area (Å²) in [7, 11) is 1.41. The van der Waals surface area contributed by atoms with E-state index >= 15 is 0 Å². The molecule has 0 spiro atoms. The Balaban J connectivity index is 2.09. The smallest absolute Gasteiger partial charge is 0.409 e. The highest BCUT2D eigenvalue weighted by molar-refractivity contribution is 5.84. The maximum Gasteiger partial charge on any atom is 0.409 e. The van der Waals surface area contributed by atoms with Crippen LogP contribution < -0.4 is 0 Å². The number of amides is 1. The van der Waals surface area contributed by atoms with Crippen LogP contribution in [0.15, 0.2) is 0 Å². The lowest BCUT2D eigenvalue weighted by Crippen LogP contribution is -2.48. The standard InChI is InChI=1S/C12H19NO3/c1-16-12(15)13-8-3-2-6-10(13)9-5-4-7-11(9)14/h9-10H,2-8H2,1H3.